The first-order chi connectivity index (χ1) is 11.5. The number of aliphatic hydroxyl groups is 1. The number of hydrogen-bond acceptors (Lipinski definition) is 6. The van der Waals surface area contributed by atoms with Gasteiger partial charge in [-0.3, -0.25) is 0 Å². The second-order valence-electron chi connectivity index (χ2n) is 9.31. The average molecular weight is 439 g/mol. The van der Waals surface area contributed by atoms with Crippen LogP contribution in [0.15, 0.2) is 12.2 Å². The molecule has 0 aromatic heterocycles. The molecule has 0 radical (unpaired) electrons. The summed E-state index contributed by atoms with van der Waals surface area (Å²) in [5.41, 5.74) is 0. The third-order valence-electron chi connectivity index (χ3n) is 2.59. The third-order valence-corrected chi connectivity index (χ3v) is 14.6. The highest BCUT2D eigenvalue weighted by Crippen LogP contribution is 2.30. The van der Waals surface area contributed by atoms with Crippen molar-refractivity contribution < 1.29 is 27.0 Å². The van der Waals surface area contributed by atoms with Crippen LogP contribution in [0.1, 0.15) is 6.92 Å². The van der Waals surface area contributed by atoms with E-state index in [1.807, 2.05) is 0 Å². The molecule has 0 aliphatic rings. The molecule has 0 aromatic rings. The largest absolute Gasteiger partial charge is 0.472 e. The molecule has 0 amide bonds. The maximum Gasteiger partial charge on any atom is 0.472 e. The van der Waals surface area contributed by atoms with Gasteiger partial charge in [0.15, 0.2) is 25.0 Å². The Balaban J connectivity index is 5.52. The van der Waals surface area contributed by atoms with Crippen LogP contribution in [0.3, 0.4) is 0 Å². The summed E-state index contributed by atoms with van der Waals surface area (Å²) in [6, 6.07) is 0.231. The van der Waals surface area contributed by atoms with E-state index in [0.29, 0.717) is 0 Å². The van der Waals surface area contributed by atoms with Gasteiger partial charge >= 0.3 is 14.8 Å². The number of carbonyl (C=O) groups is 1. The molecule has 0 heterocycles. The molecule has 26 heavy (non-hydrogen) atoms. The minimum Gasteiger partial charge on any atom is -0.460 e. The number of rotatable bonds is 11. The van der Waals surface area contributed by atoms with Crippen LogP contribution >= 0.6 is 0 Å². The Morgan fingerprint density at radius 1 is 0.885 bits per heavy atom. The molecule has 0 aliphatic carbocycles. The van der Waals surface area contributed by atoms with E-state index in [9.17, 15) is 9.90 Å². The summed E-state index contributed by atoms with van der Waals surface area (Å²) >= 11 is 0. The van der Waals surface area contributed by atoms with Gasteiger partial charge < -0.3 is 22.2 Å². The van der Waals surface area contributed by atoms with Crippen molar-refractivity contribution in [2.24, 2.45) is 0 Å². The predicted molar refractivity (Wildman–Crippen MR) is 116 cm³/mol. The van der Waals surface area contributed by atoms with Gasteiger partial charge in [0.25, 0.3) is 0 Å². The van der Waals surface area contributed by atoms with Crippen molar-refractivity contribution in [1.29, 1.82) is 0 Å². The number of ether oxygens (including phenoxy) is 1. The van der Waals surface area contributed by atoms with Crippen LogP contribution in [0.2, 0.25) is 65.0 Å². The zero-order valence-electron chi connectivity index (χ0n) is 18.1. The lowest BCUT2D eigenvalue weighted by Gasteiger charge is -2.43. The van der Waals surface area contributed by atoms with Gasteiger partial charge in [-0.15, -0.1) is 0 Å². The summed E-state index contributed by atoms with van der Waals surface area (Å²) in [5, 5.41) is 10.5. The summed E-state index contributed by atoms with van der Waals surface area (Å²) in [4.78, 5) is 11.5. The fraction of sp³-hybridized carbons (Fsp3) is 0.812. The van der Waals surface area contributed by atoms with E-state index in [1.54, 1.807) is 13.0 Å². The minimum atomic E-state index is -3.13. The zero-order valence-corrected chi connectivity index (χ0v) is 22.1. The van der Waals surface area contributed by atoms with Crippen molar-refractivity contribution in [2.45, 2.75) is 78.0 Å². The summed E-state index contributed by atoms with van der Waals surface area (Å²) in [5.74, 6) is -0.470. The molecule has 10 heteroatoms. The fourth-order valence-corrected chi connectivity index (χ4v) is 16.8. The van der Waals surface area contributed by atoms with Crippen LogP contribution in [-0.4, -0.2) is 57.5 Å². The normalized spacial score (nSPS) is 15.3. The highest BCUT2D eigenvalue weighted by molar-refractivity contribution is 6.90. The molecular weight excluding hydrogens is 401 g/mol. The number of carbonyl (C=O) groups excluding carboxylic acids is 1. The molecule has 0 saturated heterocycles. The van der Waals surface area contributed by atoms with Crippen LogP contribution < -0.4 is 0 Å². The molecule has 0 spiro atoms. The van der Waals surface area contributed by atoms with Gasteiger partial charge in [0.2, 0.25) is 0 Å². The lowest BCUT2D eigenvalue weighted by molar-refractivity contribution is -0.140. The molecule has 0 saturated carbocycles. The molecule has 6 nitrogen and oxygen atoms in total. The SMILES string of the molecule is CC=CC(=O)OCC(O)C[Si](O[Si](C)(C)C)(O[Si](C)(C)C)O[Si](C)(C)C. The van der Waals surface area contributed by atoms with Gasteiger partial charge in [0.1, 0.15) is 6.61 Å². The fourth-order valence-electron chi connectivity index (χ4n) is 2.30. The maximum atomic E-state index is 11.5. The van der Waals surface area contributed by atoms with Crippen molar-refractivity contribution in [3.63, 3.8) is 0 Å². The van der Waals surface area contributed by atoms with Gasteiger partial charge in [-0.2, -0.15) is 0 Å². The monoisotopic (exact) mass is 438 g/mol. The van der Waals surface area contributed by atoms with Crippen LogP contribution in [-0.2, 0) is 21.9 Å². The number of allylic oxidation sites excluding steroid dienone is 1. The number of hydrogen-bond donors (Lipinski definition) is 1. The highest BCUT2D eigenvalue weighted by atomic mass is 28.5. The van der Waals surface area contributed by atoms with E-state index in [4.69, 9.17) is 17.1 Å². The van der Waals surface area contributed by atoms with Gasteiger partial charge in [-0.25, -0.2) is 4.79 Å². The van der Waals surface area contributed by atoms with E-state index >= 15 is 0 Å². The standard InChI is InChI=1S/C16H38O6Si4/c1-11-12-16(18)19-13-15(17)14-26(20-23(2,3)4,21-24(5,6)7)22-25(8,9)10/h11-12,15,17H,13-14H2,1-10H3. The van der Waals surface area contributed by atoms with E-state index in [2.05, 4.69) is 58.9 Å². The maximum absolute atomic E-state index is 11.5. The Morgan fingerprint density at radius 3 is 1.58 bits per heavy atom. The average Bonchev–Trinajstić information content (AvgIpc) is 2.29. The molecule has 1 unspecified atom stereocenters. The van der Waals surface area contributed by atoms with E-state index in [1.165, 1.54) is 6.08 Å². The molecule has 1 N–H and O–H groups in total. The Bertz CT molecular complexity index is 436. The first-order valence-corrected chi connectivity index (χ1v) is 21.2. The first kappa shape index (κ1) is 25.9. The Morgan fingerprint density at radius 2 is 1.27 bits per heavy atom. The van der Waals surface area contributed by atoms with Crippen molar-refractivity contribution >= 4 is 39.7 Å². The van der Waals surface area contributed by atoms with Crippen molar-refractivity contribution in [3.8, 4) is 0 Å². The van der Waals surface area contributed by atoms with E-state index in [0.717, 1.165) is 0 Å². The first-order valence-electron chi connectivity index (χ1n) is 9.05. The van der Waals surface area contributed by atoms with Crippen LogP contribution in [0.5, 0.6) is 0 Å². The highest BCUT2D eigenvalue weighted by Gasteiger charge is 2.51. The smallest absolute Gasteiger partial charge is 0.460 e. The lowest BCUT2D eigenvalue weighted by atomic mass is 10.4. The number of aliphatic hydroxyl groups excluding tert-OH is 1. The van der Waals surface area contributed by atoms with Crippen molar-refractivity contribution in [1.82, 2.24) is 0 Å². The van der Waals surface area contributed by atoms with Crippen molar-refractivity contribution in [2.75, 3.05) is 6.61 Å². The molecule has 0 aliphatic heterocycles. The second-order valence-corrected chi connectivity index (χ2v) is 26.2. The summed E-state index contributed by atoms with van der Waals surface area (Å²) in [7, 11) is -9.10. The molecule has 0 rings (SSSR count). The molecule has 154 valence electrons. The number of esters is 1. The Labute approximate surface area is 163 Å². The molecule has 1 atom stereocenters. The topological polar surface area (TPSA) is 74.2 Å². The van der Waals surface area contributed by atoms with Crippen LogP contribution in [0.4, 0.5) is 0 Å². The molecule has 0 fully saturated rings. The van der Waals surface area contributed by atoms with Crippen molar-refractivity contribution in [3.05, 3.63) is 12.2 Å². The Hall–Kier alpha value is -0.0825. The zero-order chi connectivity index (χ0) is 20.8. The van der Waals surface area contributed by atoms with Gasteiger partial charge in [0, 0.05) is 12.1 Å². The van der Waals surface area contributed by atoms with Gasteiger partial charge in [-0.1, -0.05) is 6.08 Å². The van der Waals surface area contributed by atoms with Crippen LogP contribution in [0.25, 0.3) is 0 Å². The van der Waals surface area contributed by atoms with E-state index in [-0.39, 0.29) is 12.7 Å². The van der Waals surface area contributed by atoms with Gasteiger partial charge in [0.05, 0.1) is 6.10 Å². The minimum absolute atomic E-state index is 0.100. The predicted octanol–water partition coefficient (Wildman–Crippen LogP) is 3.96. The molecular formula is C16H38O6Si4. The molecule has 0 aromatic carbocycles. The summed E-state index contributed by atoms with van der Waals surface area (Å²) in [6.45, 7) is 20.5. The van der Waals surface area contributed by atoms with Crippen LogP contribution in [0, 0.1) is 0 Å². The Kier molecular flexibility index (Phi) is 9.88. The van der Waals surface area contributed by atoms with Gasteiger partial charge in [-0.05, 0) is 65.8 Å². The summed E-state index contributed by atoms with van der Waals surface area (Å²) in [6.07, 6.45) is 2.04. The second kappa shape index (κ2) is 9.91. The summed E-state index contributed by atoms with van der Waals surface area (Å²) < 4.78 is 24.6. The quantitative estimate of drug-likeness (QED) is 0.299. The third kappa shape index (κ3) is 13.1. The molecule has 0 bridgehead atoms. The lowest BCUT2D eigenvalue weighted by Crippen LogP contribution is -2.61. The van der Waals surface area contributed by atoms with E-state index < -0.39 is 45.8 Å².